The van der Waals surface area contributed by atoms with Gasteiger partial charge >= 0.3 is 5.97 Å². The first-order valence-electron chi connectivity index (χ1n) is 6.14. The van der Waals surface area contributed by atoms with Crippen molar-refractivity contribution in [2.24, 2.45) is 0 Å². The molecule has 0 saturated carbocycles. The minimum absolute atomic E-state index is 0.361. The van der Waals surface area contributed by atoms with E-state index < -0.39 is 5.97 Å². The summed E-state index contributed by atoms with van der Waals surface area (Å²) in [5.41, 5.74) is 0.906. The maximum Gasteiger partial charge on any atom is 0.310 e. The number of carboxylic acids is 1. The maximum absolute atomic E-state index is 11.2. The summed E-state index contributed by atoms with van der Waals surface area (Å²) in [7, 11) is 0. The summed E-state index contributed by atoms with van der Waals surface area (Å²) >= 11 is 0. The Labute approximate surface area is 103 Å². The molecule has 1 rings (SSSR count). The summed E-state index contributed by atoms with van der Waals surface area (Å²) in [6.07, 6.45) is 6.78. The molecule has 2 heteroatoms. The van der Waals surface area contributed by atoms with Gasteiger partial charge in [-0.25, -0.2) is 0 Å². The van der Waals surface area contributed by atoms with Gasteiger partial charge in [0.05, 0.1) is 5.92 Å². The summed E-state index contributed by atoms with van der Waals surface area (Å²) in [5.74, 6) is -1.08. The van der Waals surface area contributed by atoms with Crippen LogP contribution in [0.2, 0.25) is 0 Å². The smallest absolute Gasteiger partial charge is 0.310 e. The maximum atomic E-state index is 11.2. The second-order valence-corrected chi connectivity index (χ2v) is 4.23. The van der Waals surface area contributed by atoms with Crippen LogP contribution in [-0.4, -0.2) is 11.1 Å². The van der Waals surface area contributed by atoms with Crippen LogP contribution >= 0.6 is 0 Å². The first-order chi connectivity index (χ1) is 8.25. The molecule has 0 heterocycles. The highest BCUT2D eigenvalue weighted by Gasteiger charge is 2.18. The van der Waals surface area contributed by atoms with Crippen LogP contribution in [0, 0.1) is 0 Å². The Morgan fingerprint density at radius 1 is 1.24 bits per heavy atom. The van der Waals surface area contributed by atoms with Crippen molar-refractivity contribution in [3.05, 3.63) is 48.6 Å². The van der Waals surface area contributed by atoms with Gasteiger partial charge in [-0.3, -0.25) is 4.79 Å². The van der Waals surface area contributed by atoms with Crippen LogP contribution in [0.4, 0.5) is 0 Å². The normalized spacial score (nSPS) is 12.0. The van der Waals surface area contributed by atoms with Crippen LogP contribution in [0.5, 0.6) is 0 Å². The van der Waals surface area contributed by atoms with Crippen LogP contribution in [0.15, 0.2) is 43.0 Å². The molecule has 1 aromatic carbocycles. The largest absolute Gasteiger partial charge is 0.481 e. The number of hydrogen-bond acceptors (Lipinski definition) is 1. The average Bonchev–Trinajstić information content (AvgIpc) is 2.34. The van der Waals surface area contributed by atoms with Crippen molar-refractivity contribution >= 4 is 5.97 Å². The highest BCUT2D eigenvalue weighted by Crippen LogP contribution is 2.22. The molecular formula is C15H20O2. The molecule has 0 spiro atoms. The highest BCUT2D eigenvalue weighted by molar-refractivity contribution is 5.75. The quantitative estimate of drug-likeness (QED) is 0.543. The Kier molecular flexibility index (Phi) is 6.08. The third kappa shape index (κ3) is 4.85. The van der Waals surface area contributed by atoms with Gasteiger partial charge < -0.3 is 5.11 Å². The fourth-order valence-corrected chi connectivity index (χ4v) is 1.93. The Morgan fingerprint density at radius 2 is 1.94 bits per heavy atom. The van der Waals surface area contributed by atoms with Gasteiger partial charge in [0.1, 0.15) is 0 Å². The molecule has 1 N–H and O–H groups in total. The van der Waals surface area contributed by atoms with Gasteiger partial charge in [-0.05, 0) is 24.8 Å². The molecule has 0 amide bonds. The molecule has 0 fully saturated rings. The molecule has 17 heavy (non-hydrogen) atoms. The van der Waals surface area contributed by atoms with E-state index in [1.54, 1.807) is 0 Å². The summed E-state index contributed by atoms with van der Waals surface area (Å²) < 4.78 is 0. The van der Waals surface area contributed by atoms with E-state index in [0.717, 1.165) is 37.7 Å². The van der Waals surface area contributed by atoms with Gasteiger partial charge in [0.15, 0.2) is 0 Å². The van der Waals surface area contributed by atoms with Crippen molar-refractivity contribution in [1.82, 2.24) is 0 Å². The summed E-state index contributed by atoms with van der Waals surface area (Å²) in [5, 5.41) is 9.21. The molecule has 1 atom stereocenters. The molecule has 92 valence electrons. The van der Waals surface area contributed by atoms with Crippen LogP contribution in [0.3, 0.4) is 0 Å². The highest BCUT2D eigenvalue weighted by atomic mass is 16.4. The molecule has 0 saturated heterocycles. The number of allylic oxidation sites excluding steroid dienone is 1. The van der Waals surface area contributed by atoms with Gasteiger partial charge in [-0.2, -0.15) is 0 Å². The summed E-state index contributed by atoms with van der Waals surface area (Å²) in [4.78, 5) is 11.2. The lowest BCUT2D eigenvalue weighted by Crippen LogP contribution is -2.11. The van der Waals surface area contributed by atoms with E-state index >= 15 is 0 Å². The van der Waals surface area contributed by atoms with Gasteiger partial charge in [0.25, 0.3) is 0 Å². The summed E-state index contributed by atoms with van der Waals surface area (Å²) in [6.45, 7) is 3.68. The molecule has 0 aliphatic carbocycles. The number of aliphatic carboxylic acids is 1. The Balaban J connectivity index is 2.45. The predicted molar refractivity (Wildman–Crippen MR) is 70.1 cm³/mol. The van der Waals surface area contributed by atoms with Gasteiger partial charge in [0.2, 0.25) is 0 Å². The zero-order valence-electron chi connectivity index (χ0n) is 10.1. The fraction of sp³-hybridized carbons (Fsp3) is 0.400. The first-order valence-corrected chi connectivity index (χ1v) is 6.14. The fourth-order valence-electron chi connectivity index (χ4n) is 1.93. The number of benzene rings is 1. The van der Waals surface area contributed by atoms with Gasteiger partial charge in [-0.1, -0.05) is 49.2 Å². The van der Waals surface area contributed by atoms with Crippen molar-refractivity contribution in [2.45, 2.75) is 38.0 Å². The Bertz CT molecular complexity index is 343. The second-order valence-electron chi connectivity index (χ2n) is 4.23. The SMILES string of the molecule is C=CCCCCCC(C(=O)O)c1ccccc1. The van der Waals surface area contributed by atoms with E-state index in [9.17, 15) is 9.90 Å². The van der Waals surface area contributed by atoms with E-state index in [-0.39, 0.29) is 5.92 Å². The van der Waals surface area contributed by atoms with E-state index in [4.69, 9.17) is 0 Å². The van der Waals surface area contributed by atoms with Gasteiger partial charge in [0, 0.05) is 0 Å². The van der Waals surface area contributed by atoms with Crippen molar-refractivity contribution in [2.75, 3.05) is 0 Å². The third-order valence-electron chi connectivity index (χ3n) is 2.90. The van der Waals surface area contributed by atoms with Crippen molar-refractivity contribution in [1.29, 1.82) is 0 Å². The van der Waals surface area contributed by atoms with Crippen molar-refractivity contribution in [3.63, 3.8) is 0 Å². The molecule has 0 aromatic heterocycles. The van der Waals surface area contributed by atoms with Crippen molar-refractivity contribution in [3.8, 4) is 0 Å². The van der Waals surface area contributed by atoms with Gasteiger partial charge in [-0.15, -0.1) is 6.58 Å². The first kappa shape index (κ1) is 13.5. The van der Waals surface area contributed by atoms with Crippen LogP contribution < -0.4 is 0 Å². The van der Waals surface area contributed by atoms with E-state index in [2.05, 4.69) is 6.58 Å². The second kappa shape index (κ2) is 7.66. The number of carboxylic acid groups (broad SMARTS) is 1. The van der Waals surface area contributed by atoms with E-state index in [1.807, 2.05) is 36.4 Å². The number of rotatable bonds is 8. The van der Waals surface area contributed by atoms with Crippen LogP contribution in [-0.2, 0) is 4.79 Å². The molecule has 2 nitrogen and oxygen atoms in total. The lowest BCUT2D eigenvalue weighted by molar-refractivity contribution is -0.139. The standard InChI is InChI=1S/C15H20O2/c1-2-3-4-5-9-12-14(15(16)17)13-10-7-6-8-11-13/h2,6-8,10-11,14H,1,3-5,9,12H2,(H,16,17). The Morgan fingerprint density at radius 3 is 2.53 bits per heavy atom. The van der Waals surface area contributed by atoms with E-state index in [1.165, 1.54) is 0 Å². The minimum atomic E-state index is -0.722. The number of unbranched alkanes of at least 4 members (excludes halogenated alkanes) is 3. The van der Waals surface area contributed by atoms with E-state index in [0.29, 0.717) is 0 Å². The minimum Gasteiger partial charge on any atom is -0.481 e. The average molecular weight is 232 g/mol. The molecule has 0 aliphatic rings. The number of hydrogen-bond donors (Lipinski definition) is 1. The topological polar surface area (TPSA) is 37.3 Å². The molecular weight excluding hydrogens is 212 g/mol. The third-order valence-corrected chi connectivity index (χ3v) is 2.90. The van der Waals surface area contributed by atoms with Crippen LogP contribution in [0.1, 0.15) is 43.6 Å². The monoisotopic (exact) mass is 232 g/mol. The zero-order valence-corrected chi connectivity index (χ0v) is 10.1. The summed E-state index contributed by atoms with van der Waals surface area (Å²) in [6, 6.07) is 9.48. The molecule has 0 bridgehead atoms. The lowest BCUT2D eigenvalue weighted by Gasteiger charge is -2.12. The Hall–Kier alpha value is -1.57. The number of carbonyl (C=O) groups is 1. The van der Waals surface area contributed by atoms with Crippen molar-refractivity contribution < 1.29 is 9.90 Å². The zero-order chi connectivity index (χ0) is 12.5. The molecule has 1 aromatic rings. The molecule has 0 radical (unpaired) electrons. The molecule has 1 unspecified atom stereocenters. The molecule has 0 aliphatic heterocycles. The van der Waals surface area contributed by atoms with Crippen LogP contribution in [0.25, 0.3) is 0 Å². The lowest BCUT2D eigenvalue weighted by atomic mass is 9.93. The predicted octanol–water partition coefficient (Wildman–Crippen LogP) is 3.99.